The number of carbonyl (C=O) groups is 2. The third-order valence-electron chi connectivity index (χ3n) is 8.03. The Hall–Kier alpha value is -2.98. The minimum Gasteiger partial charge on any atom is -1.00 e. The van der Waals surface area contributed by atoms with Crippen molar-refractivity contribution in [1.82, 2.24) is 9.80 Å². The number of nitrogens with zero attached hydrogens (tertiary/aromatic N) is 4. The highest BCUT2D eigenvalue weighted by molar-refractivity contribution is 6.09. The molecular weight excluding hydrogens is 728 g/mol. The van der Waals surface area contributed by atoms with Crippen LogP contribution in [0.25, 0.3) is 0 Å². The van der Waals surface area contributed by atoms with Gasteiger partial charge in [0.1, 0.15) is 26.2 Å². The van der Waals surface area contributed by atoms with Gasteiger partial charge in [0.2, 0.25) is 0 Å². The molecule has 0 aliphatic carbocycles. The lowest BCUT2D eigenvalue weighted by Gasteiger charge is -2.36. The Morgan fingerprint density at radius 3 is 1.00 bits per heavy atom. The van der Waals surface area contributed by atoms with E-state index < -0.39 is 0 Å². The number of halogens is 2. The number of likely N-dealkylation sites (N-methyl/N-ethyl adjacent to an activating group) is 4. The molecule has 4 aromatic carbocycles. The zero-order valence-corrected chi connectivity index (χ0v) is 33.2. The molecule has 0 aliphatic heterocycles. The number of carbonyl (C=O) groups excluding carboxylic acids is 2. The van der Waals surface area contributed by atoms with Crippen LogP contribution in [0.5, 0.6) is 0 Å². The van der Waals surface area contributed by atoms with Gasteiger partial charge in [-0.2, -0.15) is 0 Å². The molecule has 0 bridgehead atoms. The van der Waals surface area contributed by atoms with Gasteiger partial charge in [-0.3, -0.25) is 9.59 Å². The minimum absolute atomic E-state index is 0. The van der Waals surface area contributed by atoms with E-state index in [1.54, 1.807) is 0 Å². The van der Waals surface area contributed by atoms with Crippen molar-refractivity contribution in [2.75, 3.05) is 82.6 Å². The number of hydrogen-bond donors (Lipinski definition) is 0. The normalized spacial score (nSPS) is 11.2. The Kier molecular flexibility index (Phi) is 18.4. The largest absolute Gasteiger partial charge is 1.00 e. The van der Waals surface area contributed by atoms with E-state index in [-0.39, 0.29) is 45.5 Å². The van der Waals surface area contributed by atoms with Crippen molar-refractivity contribution < 1.29 is 52.5 Å². The number of ketones is 2. The zero-order valence-electron chi connectivity index (χ0n) is 30.0. The molecule has 260 valence electrons. The molecule has 0 radical (unpaired) electrons. The first-order chi connectivity index (χ1) is 21.7. The summed E-state index contributed by atoms with van der Waals surface area (Å²) in [6.07, 6.45) is 0. The van der Waals surface area contributed by atoms with E-state index in [4.69, 9.17) is 0 Å². The van der Waals surface area contributed by atoms with Crippen molar-refractivity contribution >= 4 is 11.6 Å². The van der Waals surface area contributed by atoms with Crippen LogP contribution in [-0.4, -0.2) is 113 Å². The van der Waals surface area contributed by atoms with E-state index in [2.05, 4.69) is 90.4 Å². The quantitative estimate of drug-likeness (QED) is 0.135. The second kappa shape index (κ2) is 20.5. The molecule has 4 aromatic rings. The van der Waals surface area contributed by atoms with Crippen LogP contribution in [0.15, 0.2) is 109 Å². The molecule has 0 fully saturated rings. The fraction of sp³-hybridized carbons (Fsp3) is 0.350. The van der Waals surface area contributed by atoms with Crippen molar-refractivity contribution in [2.24, 2.45) is 0 Å². The van der Waals surface area contributed by atoms with Gasteiger partial charge in [-0.25, -0.2) is 0 Å². The van der Waals surface area contributed by atoms with Gasteiger partial charge in [-0.1, -0.05) is 109 Å². The highest BCUT2D eigenvalue weighted by Gasteiger charge is 2.24. The van der Waals surface area contributed by atoms with Crippen LogP contribution >= 0.6 is 0 Å². The lowest BCUT2D eigenvalue weighted by atomic mass is 10.0. The molecule has 6 nitrogen and oxygen atoms in total. The van der Waals surface area contributed by atoms with E-state index in [0.29, 0.717) is 11.1 Å². The Morgan fingerprint density at radius 1 is 0.458 bits per heavy atom. The zero-order chi connectivity index (χ0) is 33.7. The number of benzene rings is 4. The molecule has 0 aliphatic rings. The summed E-state index contributed by atoms with van der Waals surface area (Å²) in [4.78, 5) is 29.8. The van der Waals surface area contributed by atoms with Crippen LogP contribution in [-0.2, 0) is 13.1 Å². The van der Waals surface area contributed by atoms with Gasteiger partial charge in [0.25, 0.3) is 0 Å². The van der Waals surface area contributed by atoms with Gasteiger partial charge in [0.05, 0.1) is 28.2 Å². The summed E-state index contributed by atoms with van der Waals surface area (Å²) in [6.45, 7) is 6.12. The Labute approximate surface area is 310 Å². The van der Waals surface area contributed by atoms with Crippen LogP contribution in [0.2, 0.25) is 0 Å². The summed E-state index contributed by atoms with van der Waals surface area (Å²) in [5.74, 6) is 0.116. The lowest BCUT2D eigenvalue weighted by Crippen LogP contribution is -3.00. The number of quaternary nitrogens is 2. The van der Waals surface area contributed by atoms with Crippen molar-refractivity contribution in [3.05, 3.63) is 143 Å². The molecule has 0 N–H and O–H groups in total. The molecule has 0 spiro atoms. The van der Waals surface area contributed by atoms with Crippen LogP contribution in [0.1, 0.15) is 43.0 Å². The molecule has 8 heteroatoms. The second-order valence-electron chi connectivity index (χ2n) is 14.0. The van der Waals surface area contributed by atoms with Crippen molar-refractivity contribution in [2.45, 2.75) is 13.1 Å². The molecule has 4 rings (SSSR count). The first-order valence-corrected chi connectivity index (χ1v) is 16.1. The summed E-state index contributed by atoms with van der Waals surface area (Å²) in [6, 6.07) is 34.9. The third kappa shape index (κ3) is 15.1. The predicted molar refractivity (Wildman–Crippen MR) is 191 cm³/mol. The standard InChI is InChI=1S/C34H38N2O2.C6H16N2.2BrH/c1-35(2,25-27-15-19-31(20-16-27)33(37)29-11-7-5-8-12-29)23-24-36(3,4)26-28-17-21-32(22-18-28)34(38)30-13-9-6-10-14-30;1-7(2)5-6-8(3)4;;/h5-22H,23-26H2,1-4H3;5-6H2,1-4H3;2*1H/q+2;;;/p-2. The molecule has 0 saturated carbocycles. The number of rotatable bonds is 14. The predicted octanol–water partition coefficient (Wildman–Crippen LogP) is 0.119. The SMILES string of the molecule is CN(C)CCN(C)C.C[N+](C)(CC[N+](C)(C)Cc1ccc(C(=O)c2ccccc2)cc1)Cc1ccc(C(=O)c2ccccc2)cc1.[Br-].[Br-]. The smallest absolute Gasteiger partial charge is 0.193 e. The molecule has 0 aromatic heterocycles. The molecule has 48 heavy (non-hydrogen) atoms. The van der Waals surface area contributed by atoms with E-state index >= 15 is 0 Å². The first kappa shape index (κ1) is 43.0. The summed E-state index contributed by atoms with van der Waals surface area (Å²) in [5, 5.41) is 0. The van der Waals surface area contributed by atoms with Crippen LogP contribution in [0, 0.1) is 0 Å². The Morgan fingerprint density at radius 2 is 0.729 bits per heavy atom. The molecule has 0 heterocycles. The summed E-state index contributed by atoms with van der Waals surface area (Å²) >= 11 is 0. The van der Waals surface area contributed by atoms with Crippen LogP contribution in [0.4, 0.5) is 0 Å². The molecule has 0 saturated heterocycles. The summed E-state index contributed by atoms with van der Waals surface area (Å²) in [5.41, 5.74) is 5.33. The average Bonchev–Trinajstić information content (AvgIpc) is 3.04. The van der Waals surface area contributed by atoms with Crippen molar-refractivity contribution in [3.63, 3.8) is 0 Å². The monoisotopic (exact) mass is 780 g/mol. The Bertz CT molecular complexity index is 1390. The van der Waals surface area contributed by atoms with Gasteiger partial charge in [-0.15, -0.1) is 0 Å². The Balaban J connectivity index is 0.00000103. The van der Waals surface area contributed by atoms with Gasteiger partial charge < -0.3 is 52.7 Å². The fourth-order valence-corrected chi connectivity index (χ4v) is 5.12. The number of hydrogen-bond acceptors (Lipinski definition) is 4. The van der Waals surface area contributed by atoms with E-state index in [0.717, 1.165) is 59.4 Å². The van der Waals surface area contributed by atoms with E-state index in [1.807, 2.05) is 84.9 Å². The maximum atomic E-state index is 12.7. The van der Waals surface area contributed by atoms with E-state index in [1.165, 1.54) is 11.1 Å². The summed E-state index contributed by atoms with van der Waals surface area (Å²) in [7, 11) is 17.4. The lowest BCUT2D eigenvalue weighted by molar-refractivity contribution is -0.958. The second-order valence-corrected chi connectivity index (χ2v) is 14.0. The highest BCUT2D eigenvalue weighted by Crippen LogP contribution is 2.17. The molecular formula is C40H54Br2N4O2. The van der Waals surface area contributed by atoms with Gasteiger partial charge >= 0.3 is 0 Å². The van der Waals surface area contributed by atoms with Crippen molar-refractivity contribution in [1.29, 1.82) is 0 Å². The van der Waals surface area contributed by atoms with Crippen LogP contribution in [0.3, 0.4) is 0 Å². The van der Waals surface area contributed by atoms with Gasteiger partial charge in [0, 0.05) is 46.5 Å². The third-order valence-corrected chi connectivity index (χ3v) is 8.03. The minimum atomic E-state index is 0. The highest BCUT2D eigenvalue weighted by atomic mass is 79.9. The summed E-state index contributed by atoms with van der Waals surface area (Å²) < 4.78 is 1.72. The maximum absolute atomic E-state index is 12.7. The topological polar surface area (TPSA) is 40.6 Å². The van der Waals surface area contributed by atoms with Crippen molar-refractivity contribution in [3.8, 4) is 0 Å². The maximum Gasteiger partial charge on any atom is 0.193 e. The first-order valence-electron chi connectivity index (χ1n) is 16.1. The molecule has 0 atom stereocenters. The van der Waals surface area contributed by atoms with Gasteiger partial charge in [0.15, 0.2) is 11.6 Å². The average molecular weight is 783 g/mol. The molecule has 0 amide bonds. The fourth-order valence-electron chi connectivity index (χ4n) is 5.12. The molecule has 0 unspecified atom stereocenters. The van der Waals surface area contributed by atoms with Crippen LogP contribution < -0.4 is 34.0 Å². The van der Waals surface area contributed by atoms with Gasteiger partial charge in [-0.05, 0) is 28.2 Å². The van der Waals surface area contributed by atoms with E-state index in [9.17, 15) is 9.59 Å².